The molecule has 1 fully saturated rings. The van der Waals surface area contributed by atoms with Crippen molar-refractivity contribution in [3.8, 4) is 5.75 Å². The van der Waals surface area contributed by atoms with Crippen LogP contribution in [0.1, 0.15) is 30.1 Å². The number of alkyl halides is 2. The summed E-state index contributed by atoms with van der Waals surface area (Å²) in [7, 11) is 0. The quantitative estimate of drug-likeness (QED) is 0.916. The molecule has 0 saturated carbocycles. The van der Waals surface area contributed by atoms with Crippen LogP contribution in [0, 0.1) is 5.92 Å². The maximum absolute atomic E-state index is 12.9. The molecule has 0 aromatic heterocycles. The van der Waals surface area contributed by atoms with Gasteiger partial charge in [-0.1, -0.05) is 24.3 Å². The number of piperidine rings is 1. The number of ether oxygens (including phenoxy) is 1. The van der Waals surface area contributed by atoms with Gasteiger partial charge in [0.15, 0.2) is 0 Å². The molecule has 1 heterocycles. The Morgan fingerprint density at radius 1 is 1.20 bits per heavy atom. The van der Waals surface area contributed by atoms with E-state index in [0.717, 1.165) is 10.8 Å². The summed E-state index contributed by atoms with van der Waals surface area (Å²) in [6.07, 6.45) is 0.986. The third-order valence-corrected chi connectivity index (χ3v) is 4.80. The Hall–Kier alpha value is -2.21. The highest BCUT2D eigenvalue weighted by Gasteiger charge is 2.28. The molecule has 25 heavy (non-hydrogen) atoms. The van der Waals surface area contributed by atoms with Crippen molar-refractivity contribution in [3.63, 3.8) is 0 Å². The Morgan fingerprint density at radius 2 is 1.80 bits per heavy atom. The van der Waals surface area contributed by atoms with E-state index in [2.05, 4.69) is 4.74 Å². The predicted octanol–water partition coefficient (Wildman–Crippen LogP) is 3.67. The van der Waals surface area contributed by atoms with Crippen LogP contribution in [0.5, 0.6) is 5.75 Å². The minimum Gasteiger partial charge on any atom is -0.434 e. The molecule has 1 aliphatic heterocycles. The number of likely N-dealkylation sites (tertiary alicyclic amines) is 1. The van der Waals surface area contributed by atoms with E-state index in [1.165, 1.54) is 6.07 Å². The van der Waals surface area contributed by atoms with Gasteiger partial charge in [-0.3, -0.25) is 4.79 Å². The van der Waals surface area contributed by atoms with Gasteiger partial charge in [-0.25, -0.2) is 0 Å². The van der Waals surface area contributed by atoms with Gasteiger partial charge in [0, 0.05) is 13.1 Å². The van der Waals surface area contributed by atoms with E-state index in [9.17, 15) is 18.7 Å². The van der Waals surface area contributed by atoms with Gasteiger partial charge in [0.1, 0.15) is 5.75 Å². The molecule has 1 amide bonds. The number of aliphatic hydroxyl groups is 1. The van der Waals surface area contributed by atoms with Crippen molar-refractivity contribution in [1.82, 2.24) is 4.90 Å². The fourth-order valence-corrected chi connectivity index (χ4v) is 3.34. The predicted molar refractivity (Wildman–Crippen MR) is 90.9 cm³/mol. The second kappa shape index (κ2) is 7.35. The van der Waals surface area contributed by atoms with Gasteiger partial charge in [-0.05, 0) is 48.6 Å². The lowest BCUT2D eigenvalue weighted by atomic mass is 9.92. The number of hydrogen-bond acceptors (Lipinski definition) is 3. The molecule has 0 radical (unpaired) electrons. The van der Waals surface area contributed by atoms with Crippen LogP contribution in [0.3, 0.4) is 0 Å². The van der Waals surface area contributed by atoms with Crippen molar-refractivity contribution >= 4 is 16.7 Å². The number of rotatable bonds is 4. The highest BCUT2D eigenvalue weighted by molar-refractivity contribution is 6.01. The maximum Gasteiger partial charge on any atom is 0.387 e. The number of nitrogens with zero attached hydrogens (tertiary/aromatic N) is 1. The van der Waals surface area contributed by atoms with E-state index >= 15 is 0 Å². The highest BCUT2D eigenvalue weighted by atomic mass is 19.3. The van der Waals surface area contributed by atoms with E-state index < -0.39 is 12.7 Å². The summed E-state index contributed by atoms with van der Waals surface area (Å²) in [5, 5.41) is 11.2. The van der Waals surface area contributed by atoms with E-state index in [1.54, 1.807) is 30.0 Å². The fraction of sp³-hybridized carbons (Fsp3) is 0.421. The molecule has 1 unspecified atom stereocenters. The molecule has 1 atom stereocenters. The van der Waals surface area contributed by atoms with Gasteiger partial charge in [0.25, 0.3) is 5.91 Å². The van der Waals surface area contributed by atoms with Crippen molar-refractivity contribution in [2.24, 2.45) is 5.92 Å². The summed E-state index contributed by atoms with van der Waals surface area (Å²) >= 11 is 0. The van der Waals surface area contributed by atoms with Crippen molar-refractivity contribution in [2.75, 3.05) is 13.1 Å². The first-order valence-electron chi connectivity index (χ1n) is 8.40. The first-order chi connectivity index (χ1) is 12.0. The van der Waals surface area contributed by atoms with E-state index in [-0.39, 0.29) is 23.1 Å². The standard InChI is InChI=1S/C19H21F2NO3/c1-12(23)13-6-8-22(9-7-13)18(24)16-10-14-4-2-3-5-15(14)11-17(16)25-19(20)21/h2-5,10-13,19,23H,6-9H2,1H3. The Labute approximate surface area is 145 Å². The molecule has 3 rings (SSSR count). The molecule has 1 aliphatic rings. The minimum absolute atomic E-state index is 0.101. The first kappa shape index (κ1) is 17.6. The molecule has 4 nitrogen and oxygen atoms in total. The van der Waals surface area contributed by atoms with E-state index in [4.69, 9.17) is 0 Å². The average molecular weight is 349 g/mol. The van der Waals surface area contributed by atoms with Gasteiger partial charge < -0.3 is 14.7 Å². The average Bonchev–Trinajstić information content (AvgIpc) is 2.60. The lowest BCUT2D eigenvalue weighted by Crippen LogP contribution is -2.40. The summed E-state index contributed by atoms with van der Waals surface area (Å²) in [6.45, 7) is -0.251. The van der Waals surface area contributed by atoms with Crippen LogP contribution in [0.4, 0.5) is 8.78 Å². The Bertz CT molecular complexity index is 755. The second-order valence-electron chi connectivity index (χ2n) is 6.44. The zero-order valence-electron chi connectivity index (χ0n) is 14.0. The number of aliphatic hydroxyl groups excluding tert-OH is 1. The van der Waals surface area contributed by atoms with Crippen LogP contribution >= 0.6 is 0 Å². The zero-order chi connectivity index (χ0) is 18.0. The maximum atomic E-state index is 12.9. The molecule has 2 aromatic rings. The molecule has 0 aliphatic carbocycles. The summed E-state index contributed by atoms with van der Waals surface area (Å²) < 4.78 is 30.1. The topological polar surface area (TPSA) is 49.8 Å². The molecule has 2 aromatic carbocycles. The number of benzene rings is 2. The number of amides is 1. The zero-order valence-corrected chi connectivity index (χ0v) is 14.0. The third-order valence-electron chi connectivity index (χ3n) is 4.80. The molecule has 1 N–H and O–H groups in total. The van der Waals surface area contributed by atoms with Crippen LogP contribution in [-0.4, -0.2) is 41.7 Å². The normalized spacial score (nSPS) is 17.1. The Balaban J connectivity index is 1.89. The largest absolute Gasteiger partial charge is 0.434 e. The lowest BCUT2D eigenvalue weighted by Gasteiger charge is -2.33. The molecule has 0 spiro atoms. The Kier molecular flexibility index (Phi) is 5.18. The van der Waals surface area contributed by atoms with E-state index in [1.807, 2.05) is 12.1 Å². The minimum atomic E-state index is -2.99. The number of hydrogen-bond donors (Lipinski definition) is 1. The fourth-order valence-electron chi connectivity index (χ4n) is 3.34. The molecular formula is C19H21F2NO3. The van der Waals surface area contributed by atoms with Crippen molar-refractivity contribution in [2.45, 2.75) is 32.5 Å². The SMILES string of the molecule is CC(O)C1CCN(C(=O)c2cc3ccccc3cc2OC(F)F)CC1. The second-order valence-corrected chi connectivity index (χ2v) is 6.44. The summed E-state index contributed by atoms with van der Waals surface area (Å²) in [4.78, 5) is 14.5. The molecule has 0 bridgehead atoms. The highest BCUT2D eigenvalue weighted by Crippen LogP contribution is 2.30. The number of fused-ring (bicyclic) bond motifs is 1. The van der Waals surface area contributed by atoms with Crippen molar-refractivity contribution in [1.29, 1.82) is 0 Å². The Morgan fingerprint density at radius 3 is 2.36 bits per heavy atom. The molecule has 6 heteroatoms. The van der Waals surface area contributed by atoms with Crippen LogP contribution in [0.15, 0.2) is 36.4 Å². The van der Waals surface area contributed by atoms with Gasteiger partial charge in [-0.2, -0.15) is 8.78 Å². The molecular weight excluding hydrogens is 328 g/mol. The van der Waals surface area contributed by atoms with Gasteiger partial charge in [-0.15, -0.1) is 0 Å². The lowest BCUT2D eigenvalue weighted by molar-refractivity contribution is -0.0502. The molecule has 1 saturated heterocycles. The van der Waals surface area contributed by atoms with Gasteiger partial charge in [0.2, 0.25) is 0 Å². The van der Waals surface area contributed by atoms with Gasteiger partial charge in [0.05, 0.1) is 11.7 Å². The molecule has 134 valence electrons. The number of halogens is 2. The van der Waals surface area contributed by atoms with Crippen LogP contribution in [0.2, 0.25) is 0 Å². The van der Waals surface area contributed by atoms with Crippen LogP contribution < -0.4 is 4.74 Å². The van der Waals surface area contributed by atoms with Crippen molar-refractivity contribution in [3.05, 3.63) is 42.0 Å². The summed E-state index contributed by atoms with van der Waals surface area (Å²) in [5.74, 6) is -0.251. The van der Waals surface area contributed by atoms with E-state index in [0.29, 0.717) is 25.9 Å². The number of carbonyl (C=O) groups excluding carboxylic acids is 1. The monoisotopic (exact) mass is 349 g/mol. The van der Waals surface area contributed by atoms with Crippen molar-refractivity contribution < 1.29 is 23.4 Å². The smallest absolute Gasteiger partial charge is 0.387 e. The first-order valence-corrected chi connectivity index (χ1v) is 8.40. The summed E-state index contributed by atoms with van der Waals surface area (Å²) in [5.41, 5.74) is 0.148. The number of carbonyl (C=O) groups is 1. The summed E-state index contributed by atoms with van der Waals surface area (Å²) in [6, 6.07) is 10.3. The van der Waals surface area contributed by atoms with Crippen LogP contribution in [0.25, 0.3) is 10.8 Å². The third kappa shape index (κ3) is 3.90. The van der Waals surface area contributed by atoms with Gasteiger partial charge >= 0.3 is 6.61 Å². The van der Waals surface area contributed by atoms with Crippen LogP contribution in [-0.2, 0) is 0 Å².